The van der Waals surface area contributed by atoms with Crippen molar-refractivity contribution in [3.63, 3.8) is 0 Å². The van der Waals surface area contributed by atoms with E-state index in [-0.39, 0.29) is 5.41 Å². The molecule has 0 saturated heterocycles. The van der Waals surface area contributed by atoms with Crippen LogP contribution in [0.2, 0.25) is 0 Å². The first-order valence-electron chi connectivity index (χ1n) is 11.2. The van der Waals surface area contributed by atoms with Gasteiger partial charge in [-0.2, -0.15) is 0 Å². The highest BCUT2D eigenvalue weighted by Crippen LogP contribution is 2.35. The molecule has 0 aromatic heterocycles. The summed E-state index contributed by atoms with van der Waals surface area (Å²) in [6.07, 6.45) is 0.817. The number of hydrogen-bond donors (Lipinski definition) is 2. The molecule has 0 unspecified atom stereocenters. The van der Waals surface area contributed by atoms with Crippen molar-refractivity contribution in [3.8, 4) is 23.0 Å². The molecule has 0 amide bonds. The first-order valence-corrected chi connectivity index (χ1v) is 11.2. The quantitative estimate of drug-likeness (QED) is 0.268. The first-order chi connectivity index (χ1) is 16.3. The number of anilines is 2. The van der Waals surface area contributed by atoms with Crippen molar-refractivity contribution < 1.29 is 9.47 Å². The van der Waals surface area contributed by atoms with E-state index in [4.69, 9.17) is 20.9 Å². The van der Waals surface area contributed by atoms with Crippen LogP contribution in [0.15, 0.2) is 104 Å². The summed E-state index contributed by atoms with van der Waals surface area (Å²) in [5, 5.41) is 0. The zero-order valence-corrected chi connectivity index (χ0v) is 19.6. The monoisotopic (exact) mass is 450 g/mol. The fraction of sp³-hybridized carbons (Fsp3) is 0.133. The molecule has 0 aliphatic rings. The second-order valence-corrected chi connectivity index (χ2v) is 9.06. The summed E-state index contributed by atoms with van der Waals surface area (Å²) in [7, 11) is 0. The summed E-state index contributed by atoms with van der Waals surface area (Å²) >= 11 is 0. The largest absolute Gasteiger partial charge is 0.457 e. The summed E-state index contributed by atoms with van der Waals surface area (Å²) < 4.78 is 11.8. The smallest absolute Gasteiger partial charge is 0.129 e. The van der Waals surface area contributed by atoms with Crippen LogP contribution in [0.25, 0.3) is 5.57 Å². The van der Waals surface area contributed by atoms with Gasteiger partial charge >= 0.3 is 0 Å². The second kappa shape index (κ2) is 9.75. The Kier molecular flexibility index (Phi) is 6.60. The molecule has 4 heteroatoms. The second-order valence-electron chi connectivity index (χ2n) is 9.06. The number of nitrogens with two attached hydrogens (primary N) is 2. The lowest BCUT2D eigenvalue weighted by Gasteiger charge is -2.27. The molecule has 34 heavy (non-hydrogen) atoms. The molecular weight excluding hydrogens is 420 g/mol. The fourth-order valence-electron chi connectivity index (χ4n) is 3.90. The van der Waals surface area contributed by atoms with E-state index in [1.807, 2.05) is 78.9 Å². The Labute approximate surface area is 201 Å². The first kappa shape index (κ1) is 23.0. The topological polar surface area (TPSA) is 70.5 Å². The maximum absolute atomic E-state index is 5.92. The van der Waals surface area contributed by atoms with Gasteiger partial charge in [0.15, 0.2) is 0 Å². The fourth-order valence-corrected chi connectivity index (χ4v) is 3.90. The van der Waals surface area contributed by atoms with E-state index in [1.54, 1.807) is 6.07 Å². The van der Waals surface area contributed by atoms with Crippen LogP contribution in [-0.4, -0.2) is 0 Å². The number of ether oxygens (including phenoxy) is 2. The van der Waals surface area contributed by atoms with Gasteiger partial charge in [0.2, 0.25) is 0 Å². The van der Waals surface area contributed by atoms with Crippen molar-refractivity contribution in [1.29, 1.82) is 0 Å². The molecule has 0 fully saturated rings. The zero-order chi connectivity index (χ0) is 24.1. The highest BCUT2D eigenvalue weighted by molar-refractivity contribution is 5.65. The number of rotatable bonds is 8. The Hall–Kier alpha value is -4.18. The molecule has 0 aliphatic carbocycles. The van der Waals surface area contributed by atoms with Crippen LogP contribution in [0.1, 0.15) is 31.4 Å². The van der Waals surface area contributed by atoms with Crippen LogP contribution in [0.5, 0.6) is 23.0 Å². The Morgan fingerprint density at radius 2 is 1.15 bits per heavy atom. The van der Waals surface area contributed by atoms with Gasteiger partial charge in [-0.1, -0.05) is 56.8 Å². The lowest BCUT2D eigenvalue weighted by Crippen LogP contribution is -2.17. The normalized spacial score (nSPS) is 11.1. The van der Waals surface area contributed by atoms with E-state index in [1.165, 1.54) is 5.56 Å². The molecule has 4 aromatic carbocycles. The van der Waals surface area contributed by atoms with Gasteiger partial charge in [-0.05, 0) is 77.1 Å². The SMILES string of the molecule is C=C(CC(C)(C)c1ccc(Oc2cccc(N)c2)cc1)c1ccc(Oc2cccc(N)c2)cc1. The van der Waals surface area contributed by atoms with Crippen LogP contribution in [0.4, 0.5) is 11.4 Å². The maximum atomic E-state index is 5.92. The van der Waals surface area contributed by atoms with Gasteiger partial charge in [-0.25, -0.2) is 0 Å². The highest BCUT2D eigenvalue weighted by atomic mass is 16.5. The van der Waals surface area contributed by atoms with E-state index in [2.05, 4.69) is 32.6 Å². The molecule has 4 rings (SSSR count). The number of hydrogen-bond acceptors (Lipinski definition) is 4. The molecule has 172 valence electrons. The van der Waals surface area contributed by atoms with Gasteiger partial charge < -0.3 is 20.9 Å². The molecule has 4 N–H and O–H groups in total. The molecule has 0 saturated carbocycles. The van der Waals surface area contributed by atoms with E-state index in [9.17, 15) is 0 Å². The third-order valence-corrected chi connectivity index (χ3v) is 5.74. The van der Waals surface area contributed by atoms with Gasteiger partial charge in [-0.3, -0.25) is 0 Å². The molecule has 4 aromatic rings. The van der Waals surface area contributed by atoms with Crippen molar-refractivity contribution >= 4 is 16.9 Å². The van der Waals surface area contributed by atoms with Gasteiger partial charge in [0.25, 0.3) is 0 Å². The Morgan fingerprint density at radius 1 is 0.676 bits per heavy atom. The summed E-state index contributed by atoms with van der Waals surface area (Å²) in [6.45, 7) is 8.80. The molecular formula is C30H30N2O2. The lowest BCUT2D eigenvalue weighted by molar-refractivity contribution is 0.481. The van der Waals surface area contributed by atoms with Crippen LogP contribution in [0.3, 0.4) is 0 Å². The summed E-state index contributed by atoms with van der Waals surface area (Å²) in [6, 6.07) is 31.0. The van der Waals surface area contributed by atoms with Gasteiger partial charge in [-0.15, -0.1) is 0 Å². The average Bonchev–Trinajstić information content (AvgIpc) is 2.80. The lowest BCUT2D eigenvalue weighted by atomic mass is 9.78. The predicted molar refractivity (Wildman–Crippen MR) is 141 cm³/mol. The van der Waals surface area contributed by atoms with Gasteiger partial charge in [0.05, 0.1) is 0 Å². The van der Waals surface area contributed by atoms with Crippen LogP contribution in [0, 0.1) is 0 Å². The number of benzene rings is 4. The van der Waals surface area contributed by atoms with Crippen LogP contribution < -0.4 is 20.9 Å². The summed E-state index contributed by atoms with van der Waals surface area (Å²) in [5.41, 5.74) is 16.3. The van der Waals surface area contributed by atoms with E-state index in [0.717, 1.165) is 40.6 Å². The predicted octanol–water partition coefficient (Wildman–Crippen LogP) is 7.82. The molecule has 4 nitrogen and oxygen atoms in total. The van der Waals surface area contributed by atoms with Crippen molar-refractivity contribution in [2.45, 2.75) is 25.7 Å². The molecule has 0 radical (unpaired) electrons. The Bertz CT molecular complexity index is 1280. The minimum absolute atomic E-state index is 0.0937. The Morgan fingerprint density at radius 3 is 1.62 bits per heavy atom. The average molecular weight is 451 g/mol. The van der Waals surface area contributed by atoms with Gasteiger partial charge in [0.1, 0.15) is 23.0 Å². The highest BCUT2D eigenvalue weighted by Gasteiger charge is 2.22. The molecule has 0 spiro atoms. The Balaban J connectivity index is 1.39. The summed E-state index contributed by atoms with van der Waals surface area (Å²) in [5.74, 6) is 2.98. The molecule has 0 heterocycles. The number of nitrogen functional groups attached to an aromatic ring is 2. The minimum atomic E-state index is -0.0937. The third kappa shape index (κ3) is 5.78. The van der Waals surface area contributed by atoms with E-state index < -0.39 is 0 Å². The van der Waals surface area contributed by atoms with Gasteiger partial charge in [0, 0.05) is 23.5 Å². The standard InChI is InChI=1S/C30H30N2O2/c1-21(22-10-14-26(15-11-22)33-28-8-4-6-24(31)18-28)20-30(2,3)23-12-16-27(17-13-23)34-29-9-5-7-25(32)19-29/h4-19H,1,20,31-32H2,2-3H3. The van der Waals surface area contributed by atoms with Crippen molar-refractivity contribution in [2.75, 3.05) is 11.5 Å². The summed E-state index contributed by atoms with van der Waals surface area (Å²) in [4.78, 5) is 0. The molecule has 0 atom stereocenters. The minimum Gasteiger partial charge on any atom is -0.457 e. The van der Waals surface area contributed by atoms with Crippen molar-refractivity contribution in [2.24, 2.45) is 0 Å². The molecule has 0 bridgehead atoms. The third-order valence-electron chi connectivity index (χ3n) is 5.74. The maximum Gasteiger partial charge on any atom is 0.129 e. The van der Waals surface area contributed by atoms with Crippen molar-refractivity contribution in [1.82, 2.24) is 0 Å². The van der Waals surface area contributed by atoms with Crippen LogP contribution in [-0.2, 0) is 5.41 Å². The zero-order valence-electron chi connectivity index (χ0n) is 19.6. The van der Waals surface area contributed by atoms with Crippen LogP contribution >= 0.6 is 0 Å². The number of allylic oxidation sites excluding steroid dienone is 1. The van der Waals surface area contributed by atoms with Crippen molar-refractivity contribution in [3.05, 3.63) is 115 Å². The molecule has 0 aliphatic heterocycles. The van der Waals surface area contributed by atoms with E-state index >= 15 is 0 Å². The van der Waals surface area contributed by atoms with E-state index in [0.29, 0.717) is 11.4 Å².